The number of nitrogens with one attached hydrogen (secondary N) is 1. The lowest BCUT2D eigenvalue weighted by Crippen LogP contribution is -2.36. The number of rotatable bonds is 7. The van der Waals surface area contributed by atoms with Gasteiger partial charge in [-0.15, -0.1) is 0 Å². The number of aromatic amines is 1. The zero-order chi connectivity index (χ0) is 13.5. The van der Waals surface area contributed by atoms with E-state index in [0.29, 0.717) is 24.2 Å². The summed E-state index contributed by atoms with van der Waals surface area (Å²) < 4.78 is 0. The van der Waals surface area contributed by atoms with E-state index in [1.54, 1.807) is 24.1 Å². The first kappa shape index (κ1) is 14.4. The maximum Gasteiger partial charge on any atom is 0.270 e. The van der Waals surface area contributed by atoms with E-state index in [4.69, 9.17) is 0 Å². The Kier molecular flexibility index (Phi) is 5.58. The minimum Gasteiger partial charge on any atom is -0.348 e. The lowest BCUT2D eigenvalue weighted by Gasteiger charge is -2.22. The zero-order valence-electron chi connectivity index (χ0n) is 11.3. The Bertz CT molecular complexity index is 397. The van der Waals surface area contributed by atoms with Crippen LogP contribution in [-0.2, 0) is 0 Å². The molecule has 0 bridgehead atoms. The van der Waals surface area contributed by atoms with Crippen molar-refractivity contribution in [3.63, 3.8) is 0 Å². The molecule has 1 amide bonds. The normalized spacial score (nSPS) is 10.7. The number of amides is 1. The number of likely N-dealkylation sites (N-methyl/N-ethyl adjacent to an activating group) is 2. The molecule has 0 atom stereocenters. The van der Waals surface area contributed by atoms with E-state index in [-0.39, 0.29) is 5.91 Å². The number of H-pyrrole nitrogens is 1. The SMILES string of the molecule is CCN(CC)CCN(C)C(=O)c1ccc(C=O)[nH]1. The number of carbonyl (C=O) groups is 2. The highest BCUT2D eigenvalue weighted by Crippen LogP contribution is 2.03. The summed E-state index contributed by atoms with van der Waals surface area (Å²) in [6, 6.07) is 3.25. The third kappa shape index (κ3) is 3.70. The molecule has 0 aromatic carbocycles. The number of aromatic nitrogens is 1. The quantitative estimate of drug-likeness (QED) is 0.742. The summed E-state index contributed by atoms with van der Waals surface area (Å²) in [7, 11) is 1.77. The van der Waals surface area contributed by atoms with Crippen molar-refractivity contribution in [2.45, 2.75) is 13.8 Å². The largest absolute Gasteiger partial charge is 0.348 e. The number of hydrogen-bond donors (Lipinski definition) is 1. The fraction of sp³-hybridized carbons (Fsp3) is 0.538. The van der Waals surface area contributed by atoms with Gasteiger partial charge >= 0.3 is 0 Å². The molecule has 0 aliphatic heterocycles. The van der Waals surface area contributed by atoms with Gasteiger partial charge in [0.2, 0.25) is 0 Å². The van der Waals surface area contributed by atoms with E-state index >= 15 is 0 Å². The van der Waals surface area contributed by atoms with Crippen LogP contribution in [0.5, 0.6) is 0 Å². The Balaban J connectivity index is 2.53. The third-order valence-corrected chi connectivity index (χ3v) is 3.06. The highest BCUT2D eigenvalue weighted by atomic mass is 16.2. The smallest absolute Gasteiger partial charge is 0.270 e. The van der Waals surface area contributed by atoms with Crippen molar-refractivity contribution in [1.82, 2.24) is 14.8 Å². The summed E-state index contributed by atoms with van der Waals surface area (Å²) in [4.78, 5) is 29.3. The topological polar surface area (TPSA) is 56.4 Å². The van der Waals surface area contributed by atoms with Crippen molar-refractivity contribution in [1.29, 1.82) is 0 Å². The van der Waals surface area contributed by atoms with Crippen LogP contribution in [0.2, 0.25) is 0 Å². The van der Waals surface area contributed by atoms with E-state index in [1.807, 2.05) is 0 Å². The predicted molar refractivity (Wildman–Crippen MR) is 70.9 cm³/mol. The van der Waals surface area contributed by atoms with Crippen LogP contribution in [0.4, 0.5) is 0 Å². The van der Waals surface area contributed by atoms with Gasteiger partial charge in [0.25, 0.3) is 5.91 Å². The van der Waals surface area contributed by atoms with Gasteiger partial charge in [-0.25, -0.2) is 0 Å². The lowest BCUT2D eigenvalue weighted by atomic mass is 10.3. The van der Waals surface area contributed by atoms with Crippen LogP contribution in [0, 0.1) is 0 Å². The van der Waals surface area contributed by atoms with Crippen LogP contribution in [0.3, 0.4) is 0 Å². The number of carbonyl (C=O) groups excluding carboxylic acids is 2. The van der Waals surface area contributed by atoms with Crippen molar-refractivity contribution in [3.05, 3.63) is 23.5 Å². The van der Waals surface area contributed by atoms with Gasteiger partial charge < -0.3 is 14.8 Å². The number of aldehydes is 1. The van der Waals surface area contributed by atoms with E-state index in [9.17, 15) is 9.59 Å². The maximum absolute atomic E-state index is 12.0. The predicted octanol–water partition coefficient (Wildman–Crippen LogP) is 1.24. The minimum atomic E-state index is -0.0877. The van der Waals surface area contributed by atoms with E-state index in [1.165, 1.54) is 0 Å². The summed E-state index contributed by atoms with van der Waals surface area (Å²) in [5.41, 5.74) is 0.884. The molecule has 0 aliphatic carbocycles. The van der Waals surface area contributed by atoms with Crippen LogP contribution in [0.25, 0.3) is 0 Å². The fourth-order valence-electron chi connectivity index (χ4n) is 1.74. The molecule has 1 rings (SSSR count). The van der Waals surface area contributed by atoms with Crippen LogP contribution in [-0.4, -0.2) is 60.2 Å². The molecular weight excluding hydrogens is 230 g/mol. The second-order valence-corrected chi connectivity index (χ2v) is 4.20. The average molecular weight is 251 g/mol. The highest BCUT2D eigenvalue weighted by molar-refractivity contribution is 5.93. The van der Waals surface area contributed by atoms with Crippen LogP contribution < -0.4 is 0 Å². The van der Waals surface area contributed by atoms with Gasteiger partial charge in [-0.05, 0) is 25.2 Å². The molecule has 0 spiro atoms. The second-order valence-electron chi connectivity index (χ2n) is 4.20. The van der Waals surface area contributed by atoms with Gasteiger partial charge in [0.05, 0.1) is 5.69 Å². The molecule has 18 heavy (non-hydrogen) atoms. The van der Waals surface area contributed by atoms with Crippen LogP contribution in [0.15, 0.2) is 12.1 Å². The molecule has 0 unspecified atom stereocenters. The Labute approximate surface area is 108 Å². The maximum atomic E-state index is 12.0. The van der Waals surface area contributed by atoms with E-state index in [2.05, 4.69) is 23.7 Å². The van der Waals surface area contributed by atoms with Gasteiger partial charge in [0, 0.05) is 20.1 Å². The van der Waals surface area contributed by atoms with Crippen molar-refractivity contribution < 1.29 is 9.59 Å². The molecule has 100 valence electrons. The van der Waals surface area contributed by atoms with Gasteiger partial charge in [-0.1, -0.05) is 13.8 Å². The molecule has 1 heterocycles. The van der Waals surface area contributed by atoms with Gasteiger partial charge in [-0.3, -0.25) is 9.59 Å². The molecule has 1 aromatic heterocycles. The Morgan fingerprint density at radius 1 is 1.28 bits per heavy atom. The first-order valence-electron chi connectivity index (χ1n) is 6.24. The second kappa shape index (κ2) is 6.96. The molecule has 5 heteroatoms. The van der Waals surface area contributed by atoms with Gasteiger partial charge in [-0.2, -0.15) is 0 Å². The monoisotopic (exact) mass is 251 g/mol. The van der Waals surface area contributed by atoms with Gasteiger partial charge in [0.15, 0.2) is 6.29 Å². The van der Waals surface area contributed by atoms with Crippen LogP contribution in [0.1, 0.15) is 34.8 Å². The molecule has 0 fully saturated rings. The highest BCUT2D eigenvalue weighted by Gasteiger charge is 2.14. The van der Waals surface area contributed by atoms with Crippen molar-refractivity contribution in [2.75, 3.05) is 33.2 Å². The lowest BCUT2D eigenvalue weighted by molar-refractivity contribution is 0.0774. The fourth-order valence-corrected chi connectivity index (χ4v) is 1.74. The van der Waals surface area contributed by atoms with Gasteiger partial charge in [0.1, 0.15) is 5.69 Å². The molecule has 5 nitrogen and oxygen atoms in total. The summed E-state index contributed by atoms with van der Waals surface area (Å²) in [5, 5.41) is 0. The zero-order valence-corrected chi connectivity index (χ0v) is 11.3. The molecular formula is C13H21N3O2. The minimum absolute atomic E-state index is 0.0877. The van der Waals surface area contributed by atoms with E-state index in [0.717, 1.165) is 19.6 Å². The van der Waals surface area contributed by atoms with Crippen molar-refractivity contribution >= 4 is 12.2 Å². The number of nitrogens with zero attached hydrogens (tertiary/aromatic N) is 2. The van der Waals surface area contributed by atoms with E-state index < -0.39 is 0 Å². The molecule has 0 radical (unpaired) electrons. The summed E-state index contributed by atoms with van der Waals surface area (Å²) >= 11 is 0. The van der Waals surface area contributed by atoms with Crippen LogP contribution >= 0.6 is 0 Å². The summed E-state index contributed by atoms with van der Waals surface area (Å²) in [6.45, 7) is 7.71. The summed E-state index contributed by atoms with van der Waals surface area (Å²) in [5.74, 6) is -0.0877. The summed E-state index contributed by atoms with van der Waals surface area (Å²) in [6.07, 6.45) is 0.701. The molecule has 0 saturated carbocycles. The van der Waals surface area contributed by atoms with Crippen molar-refractivity contribution in [3.8, 4) is 0 Å². The molecule has 0 saturated heterocycles. The Morgan fingerprint density at radius 3 is 2.44 bits per heavy atom. The first-order valence-corrected chi connectivity index (χ1v) is 6.24. The average Bonchev–Trinajstić information content (AvgIpc) is 2.87. The number of hydrogen-bond acceptors (Lipinski definition) is 3. The van der Waals surface area contributed by atoms with Crippen molar-refractivity contribution in [2.24, 2.45) is 0 Å². The Morgan fingerprint density at radius 2 is 1.94 bits per heavy atom. The standard InChI is InChI=1S/C13H21N3O2/c1-4-16(5-2)9-8-15(3)13(18)12-7-6-11(10-17)14-12/h6-7,10,14H,4-5,8-9H2,1-3H3. The first-order chi connectivity index (χ1) is 8.62. The molecule has 1 N–H and O–H groups in total. The third-order valence-electron chi connectivity index (χ3n) is 3.06. The molecule has 0 aliphatic rings. The Hall–Kier alpha value is -1.62. The molecule has 1 aromatic rings.